The molecular weight excluding hydrogens is 228 g/mol. The predicted octanol–water partition coefficient (Wildman–Crippen LogP) is 1.76. The Morgan fingerprint density at radius 1 is 1.56 bits per heavy atom. The molecule has 2 aromatic rings. The summed E-state index contributed by atoms with van der Waals surface area (Å²) in [5, 5.41) is 2.91. The van der Waals surface area contributed by atoms with Gasteiger partial charge >= 0.3 is 0 Å². The molecule has 1 amide bonds. The molecule has 0 aromatic carbocycles. The summed E-state index contributed by atoms with van der Waals surface area (Å²) in [5.41, 5.74) is 1.73. The quantitative estimate of drug-likeness (QED) is 0.844. The minimum atomic E-state index is -0.0341. The van der Waals surface area contributed by atoms with Gasteiger partial charge in [0.1, 0.15) is 5.69 Å². The molecule has 5 nitrogen and oxygen atoms in total. The van der Waals surface area contributed by atoms with Crippen molar-refractivity contribution in [3.05, 3.63) is 42.2 Å². The van der Waals surface area contributed by atoms with Crippen LogP contribution in [0.4, 0.5) is 0 Å². The van der Waals surface area contributed by atoms with E-state index >= 15 is 0 Å². The van der Waals surface area contributed by atoms with Crippen molar-refractivity contribution < 1.29 is 4.79 Å². The van der Waals surface area contributed by atoms with Crippen LogP contribution in [-0.2, 0) is 6.42 Å². The summed E-state index contributed by atoms with van der Waals surface area (Å²) in [4.78, 5) is 18.9. The summed E-state index contributed by atoms with van der Waals surface area (Å²) >= 11 is 0. The number of rotatable bonds is 5. The summed E-state index contributed by atoms with van der Waals surface area (Å²) in [6, 6.07) is 4.02. The maximum absolute atomic E-state index is 12.0. The number of carbonyl (C=O) groups is 1. The van der Waals surface area contributed by atoms with Crippen LogP contribution in [0.5, 0.6) is 0 Å². The summed E-state index contributed by atoms with van der Waals surface area (Å²) in [6.45, 7) is 4.72. The second-order valence-electron chi connectivity index (χ2n) is 4.48. The molecule has 2 N–H and O–H groups in total. The van der Waals surface area contributed by atoms with Gasteiger partial charge < -0.3 is 14.9 Å². The number of imidazole rings is 1. The fourth-order valence-corrected chi connectivity index (χ4v) is 1.86. The van der Waals surface area contributed by atoms with Crippen molar-refractivity contribution in [3.8, 4) is 0 Å². The summed E-state index contributed by atoms with van der Waals surface area (Å²) in [7, 11) is 0. The van der Waals surface area contributed by atoms with Crippen LogP contribution in [0, 0.1) is 0 Å². The van der Waals surface area contributed by atoms with Crippen LogP contribution in [-0.4, -0.2) is 27.0 Å². The Morgan fingerprint density at radius 2 is 2.39 bits per heavy atom. The molecule has 0 spiro atoms. The van der Waals surface area contributed by atoms with Gasteiger partial charge in [0.2, 0.25) is 0 Å². The molecule has 2 aromatic heterocycles. The summed E-state index contributed by atoms with van der Waals surface area (Å²) in [6.07, 6.45) is 6.09. The fourth-order valence-electron chi connectivity index (χ4n) is 1.86. The minimum absolute atomic E-state index is 0.0341. The highest BCUT2D eigenvalue weighted by molar-refractivity contribution is 5.92. The van der Waals surface area contributed by atoms with E-state index in [4.69, 9.17) is 0 Å². The third-order valence-electron chi connectivity index (χ3n) is 2.80. The average molecular weight is 246 g/mol. The molecule has 0 radical (unpaired) electrons. The molecule has 96 valence electrons. The Morgan fingerprint density at radius 3 is 3.06 bits per heavy atom. The Bertz CT molecular complexity index is 499. The number of aromatic nitrogens is 3. The predicted molar refractivity (Wildman–Crippen MR) is 69.4 cm³/mol. The lowest BCUT2D eigenvalue weighted by molar-refractivity contribution is 0.0943. The van der Waals surface area contributed by atoms with Crippen molar-refractivity contribution in [1.82, 2.24) is 19.9 Å². The lowest BCUT2D eigenvalue weighted by atomic mass is 10.3. The van der Waals surface area contributed by atoms with Crippen LogP contribution in [0.3, 0.4) is 0 Å². The zero-order valence-corrected chi connectivity index (χ0v) is 10.7. The van der Waals surface area contributed by atoms with Crippen LogP contribution in [0.1, 0.15) is 36.1 Å². The molecule has 2 heterocycles. The van der Waals surface area contributed by atoms with E-state index in [0.717, 1.165) is 12.1 Å². The van der Waals surface area contributed by atoms with Crippen molar-refractivity contribution in [2.24, 2.45) is 0 Å². The van der Waals surface area contributed by atoms with Crippen molar-refractivity contribution >= 4 is 5.91 Å². The first-order valence-corrected chi connectivity index (χ1v) is 6.11. The highest BCUT2D eigenvalue weighted by Crippen LogP contribution is 2.10. The van der Waals surface area contributed by atoms with E-state index in [-0.39, 0.29) is 11.9 Å². The zero-order valence-electron chi connectivity index (χ0n) is 10.7. The van der Waals surface area contributed by atoms with Crippen molar-refractivity contribution in [3.63, 3.8) is 0 Å². The van der Waals surface area contributed by atoms with Crippen LogP contribution in [0.2, 0.25) is 0 Å². The van der Waals surface area contributed by atoms with E-state index in [2.05, 4.69) is 29.1 Å². The number of hydrogen-bond acceptors (Lipinski definition) is 2. The molecule has 0 aliphatic rings. The van der Waals surface area contributed by atoms with Gasteiger partial charge in [0.15, 0.2) is 0 Å². The number of aromatic amines is 1. The molecule has 0 bridgehead atoms. The fraction of sp³-hybridized carbons (Fsp3) is 0.385. The summed E-state index contributed by atoms with van der Waals surface area (Å²) in [5.74, 6) is -0.0341. The van der Waals surface area contributed by atoms with E-state index in [1.165, 1.54) is 0 Å². The molecule has 0 atom stereocenters. The number of amides is 1. The van der Waals surface area contributed by atoms with Crippen molar-refractivity contribution in [1.29, 1.82) is 0 Å². The molecule has 5 heteroatoms. The number of nitrogens with zero attached hydrogens (tertiary/aromatic N) is 2. The van der Waals surface area contributed by atoms with Crippen molar-refractivity contribution in [2.75, 3.05) is 6.54 Å². The molecule has 0 fully saturated rings. The standard InChI is InChI=1S/C13H18N4O/c1-10(2)17-7-3-4-12(17)13(18)15-6-5-11-8-14-9-16-11/h3-4,7-10H,5-6H2,1-2H3,(H,14,16)(H,15,18). The Kier molecular flexibility index (Phi) is 3.82. The minimum Gasteiger partial charge on any atom is -0.350 e. The topological polar surface area (TPSA) is 62.7 Å². The lowest BCUT2D eigenvalue weighted by Crippen LogP contribution is -2.28. The van der Waals surface area contributed by atoms with E-state index in [0.29, 0.717) is 12.2 Å². The highest BCUT2D eigenvalue weighted by Gasteiger charge is 2.11. The monoisotopic (exact) mass is 246 g/mol. The SMILES string of the molecule is CC(C)n1cccc1C(=O)NCCc1cnc[nH]1. The van der Waals surface area contributed by atoms with E-state index in [1.807, 2.05) is 22.9 Å². The molecule has 0 unspecified atom stereocenters. The second-order valence-corrected chi connectivity index (χ2v) is 4.48. The number of carbonyl (C=O) groups excluding carboxylic acids is 1. The lowest BCUT2D eigenvalue weighted by Gasteiger charge is -2.12. The molecule has 0 saturated heterocycles. The van der Waals surface area contributed by atoms with Gasteiger partial charge in [-0.1, -0.05) is 0 Å². The zero-order chi connectivity index (χ0) is 13.0. The molecular formula is C13H18N4O. The first-order chi connectivity index (χ1) is 8.68. The van der Waals surface area contributed by atoms with Crippen molar-refractivity contribution in [2.45, 2.75) is 26.3 Å². The van der Waals surface area contributed by atoms with Crippen LogP contribution in [0.25, 0.3) is 0 Å². The van der Waals surface area contributed by atoms with E-state index in [9.17, 15) is 4.79 Å². The van der Waals surface area contributed by atoms with Gasteiger partial charge in [0, 0.05) is 37.1 Å². The average Bonchev–Trinajstić information content (AvgIpc) is 2.99. The van der Waals surface area contributed by atoms with Gasteiger partial charge in [-0.3, -0.25) is 4.79 Å². The van der Waals surface area contributed by atoms with Gasteiger partial charge in [-0.25, -0.2) is 4.98 Å². The van der Waals surface area contributed by atoms with Gasteiger partial charge in [0.25, 0.3) is 5.91 Å². The highest BCUT2D eigenvalue weighted by atomic mass is 16.1. The molecule has 0 aliphatic heterocycles. The van der Waals surface area contributed by atoms with Crippen LogP contribution < -0.4 is 5.32 Å². The maximum atomic E-state index is 12.0. The van der Waals surface area contributed by atoms with E-state index in [1.54, 1.807) is 12.5 Å². The maximum Gasteiger partial charge on any atom is 0.267 e. The normalized spacial score (nSPS) is 10.8. The first kappa shape index (κ1) is 12.4. The smallest absolute Gasteiger partial charge is 0.267 e. The van der Waals surface area contributed by atoms with Gasteiger partial charge in [-0.2, -0.15) is 0 Å². The van der Waals surface area contributed by atoms with Gasteiger partial charge in [-0.15, -0.1) is 0 Å². The van der Waals surface area contributed by atoms with Crippen LogP contribution in [0.15, 0.2) is 30.9 Å². The van der Waals surface area contributed by atoms with Crippen LogP contribution >= 0.6 is 0 Å². The van der Waals surface area contributed by atoms with E-state index < -0.39 is 0 Å². The third kappa shape index (κ3) is 2.80. The Balaban J connectivity index is 1.89. The summed E-state index contributed by atoms with van der Waals surface area (Å²) < 4.78 is 1.96. The van der Waals surface area contributed by atoms with Gasteiger partial charge in [0.05, 0.1) is 6.33 Å². The molecule has 0 saturated carbocycles. The Hall–Kier alpha value is -2.04. The molecule has 2 rings (SSSR count). The molecule has 18 heavy (non-hydrogen) atoms. The number of nitrogens with one attached hydrogen (secondary N) is 2. The Labute approximate surface area is 106 Å². The number of H-pyrrole nitrogens is 1. The largest absolute Gasteiger partial charge is 0.350 e. The molecule has 0 aliphatic carbocycles. The third-order valence-corrected chi connectivity index (χ3v) is 2.80. The van der Waals surface area contributed by atoms with Gasteiger partial charge in [-0.05, 0) is 26.0 Å². The number of hydrogen-bond donors (Lipinski definition) is 2. The first-order valence-electron chi connectivity index (χ1n) is 6.11. The second kappa shape index (κ2) is 5.53.